The van der Waals surface area contributed by atoms with Gasteiger partial charge in [-0.25, -0.2) is 4.39 Å². The van der Waals surface area contributed by atoms with E-state index in [1.807, 2.05) is 29.2 Å². The van der Waals surface area contributed by atoms with Gasteiger partial charge in [-0.1, -0.05) is 30.3 Å². The zero-order valence-corrected chi connectivity index (χ0v) is 22.0. The Morgan fingerprint density at radius 1 is 0.975 bits per heavy atom. The van der Waals surface area contributed by atoms with Crippen LogP contribution in [-0.4, -0.2) is 61.5 Å². The molecule has 0 unspecified atom stereocenters. The summed E-state index contributed by atoms with van der Waals surface area (Å²) in [6.45, 7) is 1.92. The number of imide groups is 1. The molecule has 3 aliphatic rings. The first-order valence-electron chi connectivity index (χ1n) is 13.6. The van der Waals surface area contributed by atoms with Gasteiger partial charge in [0.1, 0.15) is 12.4 Å². The predicted molar refractivity (Wildman–Crippen MR) is 146 cm³/mol. The van der Waals surface area contributed by atoms with Crippen LogP contribution in [0.5, 0.6) is 11.5 Å². The zero-order valence-electron chi connectivity index (χ0n) is 22.0. The van der Waals surface area contributed by atoms with Crippen LogP contribution in [0, 0.1) is 11.7 Å². The maximum absolute atomic E-state index is 13.6. The Morgan fingerprint density at radius 3 is 2.60 bits per heavy atom. The molecule has 3 aromatic rings. The Bertz CT molecular complexity index is 1440. The third-order valence-corrected chi connectivity index (χ3v) is 7.69. The molecule has 0 radical (unpaired) electrons. The molecule has 0 saturated carbocycles. The molecule has 3 heterocycles. The van der Waals surface area contributed by atoms with Crippen molar-refractivity contribution in [3.05, 3.63) is 89.2 Å². The molecule has 1 fully saturated rings. The molecule has 0 spiro atoms. The minimum atomic E-state index is -0.474. The van der Waals surface area contributed by atoms with Gasteiger partial charge in [-0.3, -0.25) is 19.3 Å². The Labute approximate surface area is 231 Å². The predicted octanol–water partition coefficient (Wildman–Crippen LogP) is 3.84. The Balaban J connectivity index is 1.11. The van der Waals surface area contributed by atoms with Gasteiger partial charge in [0.05, 0.1) is 29.3 Å². The number of ether oxygens (including phenoxy) is 2. The quantitative estimate of drug-likeness (QED) is 0.456. The lowest BCUT2D eigenvalue weighted by Crippen LogP contribution is -2.44. The highest BCUT2D eigenvalue weighted by Gasteiger charge is 2.41. The van der Waals surface area contributed by atoms with E-state index in [4.69, 9.17) is 9.47 Å². The largest absolute Gasteiger partial charge is 0.486 e. The Kier molecular flexibility index (Phi) is 7.11. The molecule has 8 nitrogen and oxygen atoms in total. The number of para-hydroxylation sites is 2. The minimum absolute atomic E-state index is 0.0434. The van der Waals surface area contributed by atoms with Crippen molar-refractivity contribution in [2.24, 2.45) is 5.92 Å². The molecule has 1 N–H and O–H groups in total. The first-order valence-corrected chi connectivity index (χ1v) is 13.6. The molecule has 3 amide bonds. The van der Waals surface area contributed by atoms with E-state index in [0.29, 0.717) is 54.4 Å². The molecule has 0 bridgehead atoms. The number of halogens is 1. The van der Waals surface area contributed by atoms with Gasteiger partial charge < -0.3 is 19.7 Å². The van der Waals surface area contributed by atoms with E-state index in [0.717, 1.165) is 18.4 Å². The number of anilines is 1. The first kappa shape index (κ1) is 25.9. The lowest BCUT2D eigenvalue weighted by molar-refractivity contribution is -0.125. The molecule has 2 atom stereocenters. The van der Waals surface area contributed by atoms with Crippen molar-refractivity contribution >= 4 is 23.4 Å². The summed E-state index contributed by atoms with van der Waals surface area (Å²) in [5.41, 5.74) is 2.37. The summed E-state index contributed by atoms with van der Waals surface area (Å²) < 4.78 is 24.9. The number of carbonyl (C=O) groups is 3. The summed E-state index contributed by atoms with van der Waals surface area (Å²) in [5.74, 6) is -0.0470. The van der Waals surface area contributed by atoms with Crippen LogP contribution in [0.2, 0.25) is 0 Å². The number of hydrogen-bond acceptors (Lipinski definition) is 6. The average molecular weight is 544 g/mol. The van der Waals surface area contributed by atoms with Crippen molar-refractivity contribution in [2.75, 3.05) is 37.7 Å². The average Bonchev–Trinajstić information content (AvgIpc) is 3.23. The summed E-state index contributed by atoms with van der Waals surface area (Å²) in [7, 11) is 0. The molecule has 1 saturated heterocycles. The van der Waals surface area contributed by atoms with Crippen molar-refractivity contribution in [1.82, 2.24) is 10.2 Å². The molecule has 0 aliphatic carbocycles. The third-order valence-electron chi connectivity index (χ3n) is 7.69. The Morgan fingerprint density at radius 2 is 1.77 bits per heavy atom. The van der Waals surface area contributed by atoms with E-state index in [9.17, 15) is 18.8 Å². The van der Waals surface area contributed by atoms with Crippen molar-refractivity contribution < 1.29 is 28.2 Å². The Hall–Kier alpha value is -4.40. The van der Waals surface area contributed by atoms with Gasteiger partial charge in [0.15, 0.2) is 17.6 Å². The summed E-state index contributed by atoms with van der Waals surface area (Å²) >= 11 is 0. The molecular weight excluding hydrogens is 513 g/mol. The molecular formula is C31H30FN3O5. The first-order chi connectivity index (χ1) is 19.5. The minimum Gasteiger partial charge on any atom is -0.486 e. The van der Waals surface area contributed by atoms with Gasteiger partial charge >= 0.3 is 0 Å². The standard InChI is InChI=1S/C31H30FN3O5/c32-22-12-10-20(11-13-22)14-15-33-29(36)21-5-4-16-34(17-21)25-7-3-6-24-28(25)31(38)35(30(24)37)18-23-19-39-26-8-1-2-9-27(26)40-23/h1-3,6-13,21,23H,4-5,14-19H2,(H,33,36)/t21-,23-/m0/s1. The fourth-order valence-corrected chi connectivity index (χ4v) is 5.64. The highest BCUT2D eigenvalue weighted by molar-refractivity contribution is 6.23. The van der Waals surface area contributed by atoms with Crippen LogP contribution in [0.1, 0.15) is 39.1 Å². The van der Waals surface area contributed by atoms with Crippen molar-refractivity contribution in [3.8, 4) is 11.5 Å². The number of hydrogen-bond donors (Lipinski definition) is 1. The van der Waals surface area contributed by atoms with Crippen molar-refractivity contribution in [1.29, 1.82) is 0 Å². The highest BCUT2D eigenvalue weighted by Crippen LogP contribution is 2.36. The van der Waals surface area contributed by atoms with Crippen LogP contribution in [0.25, 0.3) is 0 Å². The SMILES string of the molecule is O=C(NCCc1ccc(F)cc1)[C@H]1CCCN(c2cccc3c2C(=O)N(C[C@H]2COc4ccccc4O2)C3=O)C1. The fraction of sp³-hybridized carbons (Fsp3) is 0.323. The van der Waals surface area contributed by atoms with Crippen LogP contribution in [0.4, 0.5) is 10.1 Å². The topological polar surface area (TPSA) is 88.2 Å². The number of nitrogens with one attached hydrogen (secondary N) is 1. The van der Waals surface area contributed by atoms with E-state index < -0.39 is 6.10 Å². The van der Waals surface area contributed by atoms with E-state index in [2.05, 4.69) is 5.32 Å². The number of benzene rings is 3. The maximum atomic E-state index is 13.6. The van der Waals surface area contributed by atoms with E-state index in [-0.39, 0.29) is 42.6 Å². The molecule has 6 rings (SSSR count). The molecule has 206 valence electrons. The van der Waals surface area contributed by atoms with Crippen molar-refractivity contribution in [3.63, 3.8) is 0 Å². The summed E-state index contributed by atoms with van der Waals surface area (Å²) in [5, 5.41) is 3.00. The molecule has 40 heavy (non-hydrogen) atoms. The second-order valence-electron chi connectivity index (χ2n) is 10.4. The van der Waals surface area contributed by atoms with Crippen LogP contribution in [0.15, 0.2) is 66.7 Å². The summed E-state index contributed by atoms with van der Waals surface area (Å²) in [4.78, 5) is 43.1. The summed E-state index contributed by atoms with van der Waals surface area (Å²) in [6.07, 6.45) is 1.67. The number of amides is 3. The number of fused-ring (bicyclic) bond motifs is 2. The van der Waals surface area contributed by atoms with Gasteiger partial charge in [-0.2, -0.15) is 0 Å². The smallest absolute Gasteiger partial charge is 0.263 e. The normalized spacial score (nSPS) is 19.9. The van der Waals surface area contributed by atoms with Gasteiger partial charge in [0.25, 0.3) is 11.8 Å². The lowest BCUT2D eigenvalue weighted by atomic mass is 9.95. The van der Waals surface area contributed by atoms with Gasteiger partial charge in [-0.15, -0.1) is 0 Å². The van der Waals surface area contributed by atoms with E-state index in [1.54, 1.807) is 30.3 Å². The van der Waals surface area contributed by atoms with Crippen molar-refractivity contribution in [2.45, 2.75) is 25.4 Å². The van der Waals surface area contributed by atoms with Gasteiger partial charge in [0.2, 0.25) is 5.91 Å². The fourth-order valence-electron chi connectivity index (χ4n) is 5.64. The second kappa shape index (κ2) is 11.0. The van der Waals surface area contributed by atoms with Crippen LogP contribution in [0.3, 0.4) is 0 Å². The van der Waals surface area contributed by atoms with E-state index in [1.165, 1.54) is 17.0 Å². The number of piperidine rings is 1. The molecule has 0 aromatic heterocycles. The summed E-state index contributed by atoms with van der Waals surface area (Å²) in [6, 6.07) is 18.9. The van der Waals surface area contributed by atoms with Gasteiger partial charge in [0, 0.05) is 19.6 Å². The monoisotopic (exact) mass is 543 g/mol. The third kappa shape index (κ3) is 5.11. The maximum Gasteiger partial charge on any atom is 0.263 e. The van der Waals surface area contributed by atoms with Crippen LogP contribution in [-0.2, 0) is 11.2 Å². The van der Waals surface area contributed by atoms with Crippen LogP contribution < -0.4 is 19.7 Å². The number of rotatable bonds is 7. The van der Waals surface area contributed by atoms with Crippen LogP contribution >= 0.6 is 0 Å². The number of carbonyl (C=O) groups excluding carboxylic acids is 3. The zero-order chi connectivity index (χ0) is 27.6. The molecule has 3 aromatic carbocycles. The molecule has 3 aliphatic heterocycles. The lowest BCUT2D eigenvalue weighted by Gasteiger charge is -2.34. The highest BCUT2D eigenvalue weighted by atomic mass is 19.1. The molecule has 9 heteroatoms. The van der Waals surface area contributed by atoms with Gasteiger partial charge in [-0.05, 0) is 61.2 Å². The van der Waals surface area contributed by atoms with E-state index >= 15 is 0 Å². The number of nitrogens with zero attached hydrogens (tertiary/aromatic N) is 2. The second-order valence-corrected chi connectivity index (χ2v) is 10.4.